The Labute approximate surface area is 115 Å². The Kier molecular flexibility index (Phi) is 4.83. The van der Waals surface area contributed by atoms with Crippen molar-refractivity contribution in [2.75, 3.05) is 18.8 Å². The van der Waals surface area contributed by atoms with Crippen LogP contribution in [0.1, 0.15) is 38.2 Å². The molecule has 0 aliphatic heterocycles. The largest absolute Gasteiger partial charge is 0.399 e. The molecule has 0 heterocycles. The molecule has 0 atom stereocenters. The van der Waals surface area contributed by atoms with Crippen molar-refractivity contribution >= 4 is 11.6 Å². The third-order valence-electron chi connectivity index (χ3n) is 4.02. The lowest BCUT2D eigenvalue weighted by Crippen LogP contribution is -2.37. The highest BCUT2D eigenvalue weighted by atomic mass is 16.2. The van der Waals surface area contributed by atoms with Crippen LogP contribution in [0.4, 0.5) is 5.69 Å². The molecule has 19 heavy (non-hydrogen) atoms. The van der Waals surface area contributed by atoms with Crippen molar-refractivity contribution in [3.63, 3.8) is 0 Å². The van der Waals surface area contributed by atoms with Gasteiger partial charge in [-0.25, -0.2) is 0 Å². The normalized spacial score (nSPS) is 15.0. The molecule has 104 valence electrons. The van der Waals surface area contributed by atoms with E-state index < -0.39 is 0 Å². The minimum absolute atomic E-state index is 0.275. The summed E-state index contributed by atoms with van der Waals surface area (Å²) in [5.41, 5.74) is 7.66. The lowest BCUT2D eigenvalue weighted by atomic mass is 9.85. The summed E-state index contributed by atoms with van der Waals surface area (Å²) in [6.07, 6.45) is 5.28. The first-order valence-corrected chi connectivity index (χ1v) is 7.31. The summed E-state index contributed by atoms with van der Waals surface area (Å²) in [6, 6.07) is 7.81. The molecule has 0 bridgehead atoms. The number of hydrogen-bond acceptors (Lipinski definition) is 2. The van der Waals surface area contributed by atoms with Gasteiger partial charge in [0.15, 0.2) is 0 Å². The average Bonchev–Trinajstić information content (AvgIpc) is 2.35. The summed E-state index contributed by atoms with van der Waals surface area (Å²) in [6.45, 7) is 3.84. The van der Waals surface area contributed by atoms with Gasteiger partial charge in [0.2, 0.25) is 5.91 Å². The Hall–Kier alpha value is -1.51. The van der Waals surface area contributed by atoms with Gasteiger partial charge in [0.25, 0.3) is 0 Å². The monoisotopic (exact) mass is 260 g/mol. The van der Waals surface area contributed by atoms with Crippen LogP contribution in [-0.2, 0) is 11.2 Å². The van der Waals surface area contributed by atoms with Crippen LogP contribution in [0, 0.1) is 5.92 Å². The van der Waals surface area contributed by atoms with Gasteiger partial charge in [-0.3, -0.25) is 4.79 Å². The molecule has 1 aromatic carbocycles. The smallest absolute Gasteiger partial charge is 0.222 e. The van der Waals surface area contributed by atoms with Crippen molar-refractivity contribution in [2.45, 2.75) is 39.0 Å². The topological polar surface area (TPSA) is 46.3 Å². The Morgan fingerprint density at radius 1 is 1.42 bits per heavy atom. The average molecular weight is 260 g/mol. The summed E-state index contributed by atoms with van der Waals surface area (Å²) in [7, 11) is 0. The SMILES string of the molecule is CCN(CC1CCC1)C(=O)CCc1cccc(N)c1. The third-order valence-corrected chi connectivity index (χ3v) is 4.02. The zero-order valence-electron chi connectivity index (χ0n) is 11.8. The van der Waals surface area contributed by atoms with Crippen LogP contribution < -0.4 is 5.73 Å². The number of benzene rings is 1. The van der Waals surface area contributed by atoms with Crippen molar-refractivity contribution in [1.29, 1.82) is 0 Å². The quantitative estimate of drug-likeness (QED) is 0.799. The van der Waals surface area contributed by atoms with Gasteiger partial charge in [-0.2, -0.15) is 0 Å². The lowest BCUT2D eigenvalue weighted by molar-refractivity contribution is -0.132. The van der Waals surface area contributed by atoms with Gasteiger partial charge in [0.1, 0.15) is 0 Å². The molecule has 1 aliphatic rings. The molecule has 1 fully saturated rings. The number of carbonyl (C=O) groups is 1. The fraction of sp³-hybridized carbons (Fsp3) is 0.562. The van der Waals surface area contributed by atoms with Crippen LogP contribution in [0.25, 0.3) is 0 Å². The van der Waals surface area contributed by atoms with Gasteiger partial charge >= 0.3 is 0 Å². The number of nitrogens with zero attached hydrogens (tertiary/aromatic N) is 1. The molecular formula is C16H24N2O. The van der Waals surface area contributed by atoms with E-state index in [-0.39, 0.29) is 5.91 Å². The van der Waals surface area contributed by atoms with E-state index in [0.29, 0.717) is 6.42 Å². The maximum atomic E-state index is 12.2. The third kappa shape index (κ3) is 3.98. The first-order valence-electron chi connectivity index (χ1n) is 7.31. The van der Waals surface area contributed by atoms with E-state index in [9.17, 15) is 4.79 Å². The molecule has 1 aromatic rings. The number of carbonyl (C=O) groups excluding carboxylic acids is 1. The minimum Gasteiger partial charge on any atom is -0.399 e. The van der Waals surface area contributed by atoms with Gasteiger partial charge in [-0.05, 0) is 49.8 Å². The van der Waals surface area contributed by atoms with Crippen molar-refractivity contribution in [1.82, 2.24) is 4.90 Å². The van der Waals surface area contributed by atoms with Crippen LogP contribution in [0.2, 0.25) is 0 Å². The summed E-state index contributed by atoms with van der Waals surface area (Å²) >= 11 is 0. The maximum absolute atomic E-state index is 12.2. The second-order valence-electron chi connectivity index (χ2n) is 5.47. The van der Waals surface area contributed by atoms with Crippen molar-refractivity contribution < 1.29 is 4.79 Å². The molecule has 3 nitrogen and oxygen atoms in total. The van der Waals surface area contributed by atoms with Crippen LogP contribution in [0.5, 0.6) is 0 Å². The second-order valence-corrected chi connectivity index (χ2v) is 5.47. The molecular weight excluding hydrogens is 236 g/mol. The van der Waals surface area contributed by atoms with Crippen LogP contribution >= 0.6 is 0 Å². The Bertz CT molecular complexity index is 427. The van der Waals surface area contributed by atoms with Gasteiger partial charge in [-0.1, -0.05) is 18.6 Å². The first-order chi connectivity index (χ1) is 9.19. The van der Waals surface area contributed by atoms with E-state index in [1.54, 1.807) is 0 Å². The van der Waals surface area contributed by atoms with E-state index in [0.717, 1.165) is 36.7 Å². The van der Waals surface area contributed by atoms with Gasteiger partial charge in [0, 0.05) is 25.2 Å². The second kappa shape index (κ2) is 6.60. The number of nitrogen functional groups attached to an aromatic ring is 1. The number of nitrogens with two attached hydrogens (primary N) is 1. The molecule has 3 heteroatoms. The van der Waals surface area contributed by atoms with E-state index in [1.807, 2.05) is 29.2 Å². The number of amides is 1. The predicted molar refractivity (Wildman–Crippen MR) is 78.8 cm³/mol. The molecule has 0 saturated heterocycles. The zero-order chi connectivity index (χ0) is 13.7. The number of aryl methyl sites for hydroxylation is 1. The summed E-state index contributed by atoms with van der Waals surface area (Å²) < 4.78 is 0. The molecule has 0 radical (unpaired) electrons. The van der Waals surface area contributed by atoms with Crippen molar-refractivity contribution in [3.8, 4) is 0 Å². The molecule has 0 spiro atoms. The van der Waals surface area contributed by atoms with Gasteiger partial charge in [-0.15, -0.1) is 0 Å². The Morgan fingerprint density at radius 3 is 2.79 bits per heavy atom. The first kappa shape index (κ1) is 13.9. The minimum atomic E-state index is 0.275. The van der Waals surface area contributed by atoms with E-state index in [4.69, 9.17) is 5.73 Å². The summed E-state index contributed by atoms with van der Waals surface area (Å²) in [5, 5.41) is 0. The molecule has 1 saturated carbocycles. The number of hydrogen-bond donors (Lipinski definition) is 1. The highest BCUT2D eigenvalue weighted by Crippen LogP contribution is 2.27. The molecule has 1 amide bonds. The number of anilines is 1. The molecule has 2 N–H and O–H groups in total. The lowest BCUT2D eigenvalue weighted by Gasteiger charge is -2.31. The van der Waals surface area contributed by atoms with Crippen LogP contribution in [0.15, 0.2) is 24.3 Å². The van der Waals surface area contributed by atoms with E-state index >= 15 is 0 Å². The van der Waals surface area contributed by atoms with Crippen LogP contribution in [-0.4, -0.2) is 23.9 Å². The summed E-state index contributed by atoms with van der Waals surface area (Å²) in [5.74, 6) is 1.02. The predicted octanol–water partition coefficient (Wildman–Crippen LogP) is 2.85. The Balaban J connectivity index is 1.81. The molecule has 0 unspecified atom stereocenters. The Morgan fingerprint density at radius 2 is 2.21 bits per heavy atom. The van der Waals surface area contributed by atoms with Crippen molar-refractivity contribution in [3.05, 3.63) is 29.8 Å². The molecule has 0 aromatic heterocycles. The number of rotatable bonds is 6. The fourth-order valence-corrected chi connectivity index (χ4v) is 2.55. The zero-order valence-corrected chi connectivity index (χ0v) is 11.8. The van der Waals surface area contributed by atoms with Crippen molar-refractivity contribution in [2.24, 2.45) is 5.92 Å². The molecule has 2 rings (SSSR count). The van der Waals surface area contributed by atoms with Crippen LogP contribution in [0.3, 0.4) is 0 Å². The van der Waals surface area contributed by atoms with Gasteiger partial charge < -0.3 is 10.6 Å². The van der Waals surface area contributed by atoms with E-state index in [1.165, 1.54) is 19.3 Å². The fourth-order valence-electron chi connectivity index (χ4n) is 2.55. The van der Waals surface area contributed by atoms with E-state index in [2.05, 4.69) is 6.92 Å². The molecule has 1 aliphatic carbocycles. The maximum Gasteiger partial charge on any atom is 0.222 e. The standard InChI is InChI=1S/C16H24N2O/c1-2-18(12-14-6-3-7-14)16(19)10-9-13-5-4-8-15(17)11-13/h4-5,8,11,14H,2-3,6-7,9-10,12,17H2,1H3. The highest BCUT2D eigenvalue weighted by molar-refractivity contribution is 5.76. The van der Waals surface area contributed by atoms with Gasteiger partial charge in [0.05, 0.1) is 0 Å². The summed E-state index contributed by atoms with van der Waals surface area (Å²) in [4.78, 5) is 14.2. The highest BCUT2D eigenvalue weighted by Gasteiger charge is 2.22.